The van der Waals surface area contributed by atoms with Crippen molar-refractivity contribution >= 4 is 10.0 Å². The van der Waals surface area contributed by atoms with Gasteiger partial charge < -0.3 is 0 Å². The first-order chi connectivity index (χ1) is 10.6. The second-order valence-electron chi connectivity index (χ2n) is 5.74. The number of nitrogens with one attached hydrogen (secondary N) is 1. The Bertz CT molecular complexity index is 706. The van der Waals surface area contributed by atoms with Crippen LogP contribution in [0.5, 0.6) is 0 Å². The van der Waals surface area contributed by atoms with Gasteiger partial charge in [-0.3, -0.25) is 0 Å². The summed E-state index contributed by atoms with van der Waals surface area (Å²) in [7, 11) is -3.25. The fraction of sp³-hybridized carbons (Fsp3) is 0.467. The average Bonchev–Trinajstić information content (AvgIpc) is 3.17. The maximum Gasteiger partial charge on any atom is 0.212 e. The summed E-state index contributed by atoms with van der Waals surface area (Å²) >= 11 is 0. The second kappa shape index (κ2) is 6.58. The van der Waals surface area contributed by atoms with Gasteiger partial charge in [0.15, 0.2) is 0 Å². The van der Waals surface area contributed by atoms with Crippen LogP contribution < -0.4 is 4.72 Å². The van der Waals surface area contributed by atoms with Crippen LogP contribution in [0.4, 0.5) is 0 Å². The molecule has 3 rings (SSSR count). The zero-order valence-corrected chi connectivity index (χ0v) is 13.2. The van der Waals surface area contributed by atoms with Crippen molar-refractivity contribution in [2.45, 2.75) is 32.2 Å². The number of para-hydroxylation sites is 1. The van der Waals surface area contributed by atoms with Crippen LogP contribution in [-0.4, -0.2) is 29.2 Å². The summed E-state index contributed by atoms with van der Waals surface area (Å²) in [5.74, 6) is 0.525. The van der Waals surface area contributed by atoms with Gasteiger partial charge in [-0.2, -0.15) is 0 Å². The van der Waals surface area contributed by atoms with E-state index in [1.807, 2.05) is 30.3 Å². The Hall–Kier alpha value is -1.73. The Morgan fingerprint density at radius 1 is 1.18 bits per heavy atom. The molecule has 6 nitrogen and oxygen atoms in total. The van der Waals surface area contributed by atoms with Gasteiger partial charge in [-0.1, -0.05) is 36.3 Å². The topological polar surface area (TPSA) is 76.9 Å². The highest BCUT2D eigenvalue weighted by Gasteiger charge is 2.22. The maximum atomic E-state index is 12.1. The van der Waals surface area contributed by atoms with E-state index in [1.165, 1.54) is 0 Å². The number of nitrogens with zero attached hydrogens (tertiary/aromatic N) is 3. The molecular weight excluding hydrogens is 300 g/mol. The van der Waals surface area contributed by atoms with Gasteiger partial charge in [-0.15, -0.1) is 5.10 Å². The molecule has 118 valence electrons. The van der Waals surface area contributed by atoms with Crippen LogP contribution in [0.2, 0.25) is 0 Å². The molecule has 0 aliphatic heterocycles. The van der Waals surface area contributed by atoms with Gasteiger partial charge in [0.25, 0.3) is 0 Å². The molecule has 0 saturated heterocycles. The average molecular weight is 320 g/mol. The number of sulfonamides is 1. The summed E-state index contributed by atoms with van der Waals surface area (Å²) in [6.07, 6.45) is 6.07. The van der Waals surface area contributed by atoms with E-state index in [1.54, 1.807) is 10.9 Å². The van der Waals surface area contributed by atoms with E-state index in [0.717, 1.165) is 31.4 Å². The smallest absolute Gasteiger partial charge is 0.212 e. The fourth-order valence-electron chi connectivity index (χ4n) is 2.82. The van der Waals surface area contributed by atoms with Crippen LogP contribution >= 0.6 is 0 Å². The van der Waals surface area contributed by atoms with Crippen LogP contribution in [0.25, 0.3) is 5.69 Å². The van der Waals surface area contributed by atoms with Crippen LogP contribution in [0.15, 0.2) is 36.5 Å². The Kier molecular flexibility index (Phi) is 4.54. The number of hydrogen-bond acceptors (Lipinski definition) is 4. The van der Waals surface area contributed by atoms with Crippen molar-refractivity contribution < 1.29 is 8.42 Å². The van der Waals surface area contributed by atoms with E-state index in [9.17, 15) is 8.42 Å². The van der Waals surface area contributed by atoms with E-state index >= 15 is 0 Å². The molecule has 1 aromatic heterocycles. The molecule has 2 aromatic rings. The van der Waals surface area contributed by atoms with Gasteiger partial charge in [0, 0.05) is 0 Å². The van der Waals surface area contributed by atoms with Crippen LogP contribution in [0.1, 0.15) is 31.4 Å². The van der Waals surface area contributed by atoms with Gasteiger partial charge in [-0.25, -0.2) is 17.8 Å². The zero-order chi connectivity index (χ0) is 15.4. The molecule has 0 spiro atoms. The number of rotatable bonds is 6. The minimum atomic E-state index is -3.25. The minimum absolute atomic E-state index is 0.182. The Labute approximate surface area is 130 Å². The monoisotopic (exact) mass is 320 g/mol. The van der Waals surface area contributed by atoms with E-state index in [4.69, 9.17) is 0 Å². The van der Waals surface area contributed by atoms with E-state index in [0.29, 0.717) is 11.6 Å². The van der Waals surface area contributed by atoms with Gasteiger partial charge >= 0.3 is 0 Å². The molecular formula is C15H20N4O2S. The van der Waals surface area contributed by atoms with Gasteiger partial charge in [-0.05, 0) is 30.9 Å². The van der Waals surface area contributed by atoms with Crippen LogP contribution in [0.3, 0.4) is 0 Å². The van der Waals surface area contributed by atoms with Crippen molar-refractivity contribution in [3.8, 4) is 5.69 Å². The molecule has 1 fully saturated rings. The van der Waals surface area contributed by atoms with Crippen molar-refractivity contribution in [3.05, 3.63) is 42.2 Å². The third-order valence-electron chi connectivity index (χ3n) is 3.96. The lowest BCUT2D eigenvalue weighted by atomic mass is 10.1. The number of hydrogen-bond donors (Lipinski definition) is 1. The molecule has 0 amide bonds. The number of benzene rings is 1. The van der Waals surface area contributed by atoms with Gasteiger partial charge in [0.2, 0.25) is 10.0 Å². The standard InChI is InChI=1S/C15H20N4O2S/c20-22(21,12-13-6-4-5-7-13)16-10-14-11-19(18-17-14)15-8-2-1-3-9-15/h1-3,8-9,11,13,16H,4-7,10,12H2. The van der Waals surface area contributed by atoms with E-state index in [-0.39, 0.29) is 12.3 Å². The Morgan fingerprint density at radius 2 is 1.91 bits per heavy atom. The van der Waals surface area contributed by atoms with Crippen molar-refractivity contribution in [1.29, 1.82) is 0 Å². The molecule has 0 atom stereocenters. The Morgan fingerprint density at radius 3 is 2.64 bits per heavy atom. The summed E-state index contributed by atoms with van der Waals surface area (Å²) in [4.78, 5) is 0. The Balaban J connectivity index is 1.58. The van der Waals surface area contributed by atoms with Crippen molar-refractivity contribution in [3.63, 3.8) is 0 Å². The molecule has 0 unspecified atom stereocenters. The SMILES string of the molecule is O=S(=O)(CC1CCCC1)NCc1cn(-c2ccccc2)nn1. The van der Waals surface area contributed by atoms with Crippen molar-refractivity contribution in [2.75, 3.05) is 5.75 Å². The number of aromatic nitrogens is 3. The third-order valence-corrected chi connectivity index (χ3v) is 5.46. The molecule has 22 heavy (non-hydrogen) atoms. The minimum Gasteiger partial charge on any atom is -0.220 e. The van der Waals surface area contributed by atoms with E-state index < -0.39 is 10.0 Å². The molecule has 0 bridgehead atoms. The normalized spacial score (nSPS) is 16.2. The van der Waals surface area contributed by atoms with Gasteiger partial charge in [0.1, 0.15) is 0 Å². The van der Waals surface area contributed by atoms with Crippen LogP contribution in [-0.2, 0) is 16.6 Å². The first-order valence-corrected chi connectivity index (χ1v) is 9.22. The van der Waals surface area contributed by atoms with E-state index in [2.05, 4.69) is 15.0 Å². The van der Waals surface area contributed by atoms with Crippen molar-refractivity contribution in [2.24, 2.45) is 5.92 Å². The predicted molar refractivity (Wildman–Crippen MR) is 83.9 cm³/mol. The molecule has 1 aromatic carbocycles. The molecule has 7 heteroatoms. The summed E-state index contributed by atoms with van der Waals surface area (Å²) in [6.45, 7) is 0.182. The third kappa shape index (κ3) is 3.92. The lowest BCUT2D eigenvalue weighted by Gasteiger charge is -2.10. The fourth-order valence-corrected chi connectivity index (χ4v) is 4.26. The molecule has 1 heterocycles. The highest BCUT2D eigenvalue weighted by molar-refractivity contribution is 7.89. The molecule has 1 saturated carbocycles. The molecule has 1 N–H and O–H groups in total. The first-order valence-electron chi connectivity index (χ1n) is 7.56. The predicted octanol–water partition coefficient (Wildman–Crippen LogP) is 1.88. The molecule has 0 radical (unpaired) electrons. The highest BCUT2D eigenvalue weighted by Crippen LogP contribution is 2.25. The molecule has 1 aliphatic carbocycles. The first kappa shape index (κ1) is 15.2. The second-order valence-corrected chi connectivity index (χ2v) is 7.59. The van der Waals surface area contributed by atoms with Gasteiger partial charge in [0.05, 0.1) is 29.9 Å². The quantitative estimate of drug-likeness (QED) is 0.881. The van der Waals surface area contributed by atoms with Crippen molar-refractivity contribution in [1.82, 2.24) is 19.7 Å². The largest absolute Gasteiger partial charge is 0.220 e. The molecule has 1 aliphatic rings. The zero-order valence-electron chi connectivity index (χ0n) is 12.4. The maximum absolute atomic E-state index is 12.1. The summed E-state index contributed by atoms with van der Waals surface area (Å²) in [6, 6.07) is 9.60. The lowest BCUT2D eigenvalue weighted by molar-refractivity contribution is 0.546. The van der Waals surface area contributed by atoms with Crippen LogP contribution in [0, 0.1) is 5.92 Å². The lowest BCUT2D eigenvalue weighted by Crippen LogP contribution is -2.29. The summed E-state index contributed by atoms with van der Waals surface area (Å²) < 4.78 is 28.4. The summed E-state index contributed by atoms with van der Waals surface area (Å²) in [5.41, 5.74) is 1.51. The highest BCUT2D eigenvalue weighted by atomic mass is 32.2. The summed E-state index contributed by atoms with van der Waals surface area (Å²) in [5, 5.41) is 8.04.